The molecule has 1 aliphatic rings. The maximum atomic E-state index is 11.8. The fourth-order valence-electron chi connectivity index (χ4n) is 2.60. The molecule has 0 fully saturated rings. The van der Waals surface area contributed by atoms with E-state index in [1.807, 2.05) is 4.68 Å². The lowest BCUT2D eigenvalue weighted by Gasteiger charge is -2.25. The predicted molar refractivity (Wildman–Crippen MR) is 122 cm³/mol. The van der Waals surface area contributed by atoms with Crippen LogP contribution in [-0.4, -0.2) is 76.8 Å². The molecule has 1 aromatic rings. The van der Waals surface area contributed by atoms with Crippen LogP contribution in [0.2, 0.25) is 0 Å². The third kappa shape index (κ3) is 7.47. The van der Waals surface area contributed by atoms with E-state index in [9.17, 15) is 4.79 Å². The van der Waals surface area contributed by atoms with Gasteiger partial charge in [0, 0.05) is 44.8 Å². The highest BCUT2D eigenvalue weighted by Crippen LogP contribution is 2.16. The Hall–Kier alpha value is -1.04. The zero-order valence-corrected chi connectivity index (χ0v) is 20.0. The SMILES string of the molecule is CSCCNC(=NCC(=O)N(C)C)NC1CCc2nc(C(C)C)nn2C1.I. The molecule has 0 aliphatic carbocycles. The van der Waals surface area contributed by atoms with Gasteiger partial charge in [-0.15, -0.1) is 24.0 Å². The lowest BCUT2D eigenvalue weighted by molar-refractivity contribution is -0.127. The third-order valence-corrected chi connectivity index (χ3v) is 4.81. The van der Waals surface area contributed by atoms with Gasteiger partial charge in [-0.2, -0.15) is 16.9 Å². The average Bonchev–Trinajstić information content (AvgIpc) is 3.03. The zero-order chi connectivity index (χ0) is 19.1. The number of carbonyl (C=O) groups is 1. The maximum absolute atomic E-state index is 11.8. The topological polar surface area (TPSA) is 87.4 Å². The monoisotopic (exact) mass is 509 g/mol. The largest absolute Gasteiger partial charge is 0.356 e. The molecule has 154 valence electrons. The van der Waals surface area contributed by atoms with Crippen molar-refractivity contribution in [1.82, 2.24) is 30.3 Å². The summed E-state index contributed by atoms with van der Waals surface area (Å²) in [7, 11) is 3.48. The van der Waals surface area contributed by atoms with Crippen LogP contribution in [0, 0.1) is 0 Å². The highest BCUT2D eigenvalue weighted by molar-refractivity contribution is 14.0. The van der Waals surface area contributed by atoms with Crippen LogP contribution in [0.4, 0.5) is 0 Å². The van der Waals surface area contributed by atoms with Gasteiger partial charge in [-0.1, -0.05) is 13.8 Å². The first-order valence-corrected chi connectivity index (χ1v) is 10.5. The van der Waals surface area contributed by atoms with E-state index >= 15 is 0 Å². The average molecular weight is 509 g/mol. The standard InChI is InChI=1S/C17H31N7OS.HI/c1-12(2)16-21-14-7-6-13(11-24(14)22-16)20-17(18-8-9-26-5)19-10-15(25)23(3)4;/h12-13H,6-11H2,1-5H3,(H2,18,19,20);1H. The Bertz CT molecular complexity index is 633. The van der Waals surface area contributed by atoms with Crippen molar-refractivity contribution in [3.05, 3.63) is 11.6 Å². The summed E-state index contributed by atoms with van der Waals surface area (Å²) >= 11 is 1.77. The van der Waals surface area contributed by atoms with E-state index in [4.69, 9.17) is 0 Å². The molecule has 0 radical (unpaired) electrons. The fraction of sp³-hybridized carbons (Fsp3) is 0.765. The molecule has 0 spiro atoms. The van der Waals surface area contributed by atoms with Crippen molar-refractivity contribution >= 4 is 47.6 Å². The van der Waals surface area contributed by atoms with Gasteiger partial charge in [0.2, 0.25) is 5.91 Å². The minimum absolute atomic E-state index is 0. The number of aromatic nitrogens is 3. The van der Waals surface area contributed by atoms with Crippen LogP contribution < -0.4 is 10.6 Å². The number of fused-ring (bicyclic) bond motifs is 1. The summed E-state index contributed by atoms with van der Waals surface area (Å²) in [5.41, 5.74) is 0. The van der Waals surface area contributed by atoms with Crippen LogP contribution >= 0.6 is 35.7 Å². The summed E-state index contributed by atoms with van der Waals surface area (Å²) in [5.74, 6) is 3.96. The second-order valence-electron chi connectivity index (χ2n) is 6.98. The van der Waals surface area contributed by atoms with Crippen molar-refractivity contribution in [2.45, 2.75) is 45.2 Å². The van der Waals surface area contributed by atoms with E-state index < -0.39 is 0 Å². The van der Waals surface area contributed by atoms with Gasteiger partial charge in [0.05, 0.1) is 6.54 Å². The molecular weight excluding hydrogens is 477 g/mol. The quantitative estimate of drug-likeness (QED) is 0.250. The number of hydrogen-bond donors (Lipinski definition) is 2. The van der Waals surface area contributed by atoms with Gasteiger partial charge >= 0.3 is 0 Å². The Morgan fingerprint density at radius 1 is 1.44 bits per heavy atom. The molecule has 1 aliphatic heterocycles. The van der Waals surface area contributed by atoms with Gasteiger partial charge in [0.25, 0.3) is 0 Å². The van der Waals surface area contributed by atoms with Crippen LogP contribution in [0.25, 0.3) is 0 Å². The molecule has 8 nitrogen and oxygen atoms in total. The van der Waals surface area contributed by atoms with E-state index in [0.717, 1.165) is 43.3 Å². The van der Waals surface area contributed by atoms with Crippen LogP contribution in [-0.2, 0) is 17.8 Å². The van der Waals surface area contributed by atoms with Gasteiger partial charge in [-0.3, -0.25) is 4.79 Å². The summed E-state index contributed by atoms with van der Waals surface area (Å²) in [4.78, 5) is 22.5. The van der Waals surface area contributed by atoms with E-state index in [2.05, 4.69) is 45.8 Å². The van der Waals surface area contributed by atoms with Crippen LogP contribution in [0.3, 0.4) is 0 Å². The number of thioether (sulfide) groups is 1. The molecule has 10 heteroatoms. The molecule has 2 rings (SSSR count). The number of carbonyl (C=O) groups excluding carboxylic acids is 1. The van der Waals surface area contributed by atoms with Crippen molar-refractivity contribution < 1.29 is 4.79 Å². The van der Waals surface area contributed by atoms with Gasteiger partial charge < -0.3 is 15.5 Å². The summed E-state index contributed by atoms with van der Waals surface area (Å²) in [6, 6.07) is 0.221. The number of guanidine groups is 1. The minimum Gasteiger partial charge on any atom is -0.356 e. The molecular formula is C17H32IN7OS. The Morgan fingerprint density at radius 2 is 2.19 bits per heavy atom. The summed E-state index contributed by atoms with van der Waals surface area (Å²) < 4.78 is 2.00. The third-order valence-electron chi connectivity index (χ3n) is 4.20. The molecule has 1 unspecified atom stereocenters. The van der Waals surface area contributed by atoms with Crippen molar-refractivity contribution in [1.29, 1.82) is 0 Å². The molecule has 0 saturated heterocycles. The summed E-state index contributed by atoms with van der Waals surface area (Å²) in [5, 5.41) is 11.4. The Balaban J connectivity index is 0.00000364. The molecule has 0 aromatic carbocycles. The molecule has 1 atom stereocenters. The molecule has 0 bridgehead atoms. The second-order valence-corrected chi connectivity index (χ2v) is 7.96. The highest BCUT2D eigenvalue weighted by Gasteiger charge is 2.23. The van der Waals surface area contributed by atoms with E-state index in [0.29, 0.717) is 11.9 Å². The summed E-state index contributed by atoms with van der Waals surface area (Å²) in [6.45, 7) is 5.93. The van der Waals surface area contributed by atoms with E-state index in [-0.39, 0.29) is 42.5 Å². The van der Waals surface area contributed by atoms with E-state index in [1.54, 1.807) is 30.8 Å². The normalized spacial score (nSPS) is 16.5. The zero-order valence-electron chi connectivity index (χ0n) is 16.9. The van der Waals surface area contributed by atoms with Gasteiger partial charge in [0.1, 0.15) is 12.4 Å². The Labute approximate surface area is 183 Å². The molecule has 2 N–H and O–H groups in total. The number of aryl methyl sites for hydroxylation is 1. The Morgan fingerprint density at radius 3 is 2.81 bits per heavy atom. The number of rotatable bonds is 7. The number of hydrogen-bond acceptors (Lipinski definition) is 5. The number of amides is 1. The molecule has 1 amide bonds. The van der Waals surface area contributed by atoms with Crippen LogP contribution in [0.15, 0.2) is 4.99 Å². The lowest BCUT2D eigenvalue weighted by atomic mass is 10.1. The van der Waals surface area contributed by atoms with Crippen molar-refractivity contribution in [2.24, 2.45) is 4.99 Å². The number of aliphatic imine (C=N–C) groups is 1. The van der Waals surface area contributed by atoms with Crippen molar-refractivity contribution in [3.8, 4) is 0 Å². The fourth-order valence-corrected chi connectivity index (χ4v) is 2.90. The second kappa shape index (κ2) is 11.7. The smallest absolute Gasteiger partial charge is 0.243 e. The van der Waals surface area contributed by atoms with Gasteiger partial charge in [-0.05, 0) is 12.7 Å². The number of halogens is 1. The van der Waals surface area contributed by atoms with E-state index in [1.165, 1.54) is 0 Å². The van der Waals surface area contributed by atoms with Gasteiger partial charge in [0.15, 0.2) is 11.8 Å². The highest BCUT2D eigenvalue weighted by atomic mass is 127. The lowest BCUT2D eigenvalue weighted by Crippen LogP contribution is -2.48. The predicted octanol–water partition coefficient (Wildman–Crippen LogP) is 1.32. The molecule has 27 heavy (non-hydrogen) atoms. The number of nitrogens with one attached hydrogen (secondary N) is 2. The minimum atomic E-state index is -0.0141. The number of nitrogens with zero attached hydrogens (tertiary/aromatic N) is 5. The van der Waals surface area contributed by atoms with Crippen molar-refractivity contribution in [2.75, 3.05) is 39.2 Å². The first-order chi connectivity index (χ1) is 12.4. The number of likely N-dealkylation sites (N-methyl/N-ethyl adjacent to an activating group) is 1. The first-order valence-electron chi connectivity index (χ1n) is 9.08. The summed E-state index contributed by atoms with van der Waals surface area (Å²) in [6.07, 6.45) is 3.94. The molecule has 2 heterocycles. The van der Waals surface area contributed by atoms with Crippen LogP contribution in [0.5, 0.6) is 0 Å². The maximum Gasteiger partial charge on any atom is 0.243 e. The first kappa shape index (κ1) is 24.0. The van der Waals surface area contributed by atoms with Crippen LogP contribution in [0.1, 0.15) is 37.8 Å². The Kier molecular flexibility index (Phi) is 10.4. The van der Waals surface area contributed by atoms with Gasteiger partial charge in [-0.25, -0.2) is 14.7 Å². The van der Waals surface area contributed by atoms with Crippen molar-refractivity contribution in [3.63, 3.8) is 0 Å². The molecule has 0 saturated carbocycles. The molecule has 1 aromatic heterocycles.